The highest BCUT2D eigenvalue weighted by Gasteiger charge is 2.23. The Kier molecular flexibility index (Phi) is 4.60. The average molecular weight is 298 g/mol. The first-order valence-electron chi connectivity index (χ1n) is 6.29. The summed E-state index contributed by atoms with van der Waals surface area (Å²) in [5.41, 5.74) is 7.48. The van der Waals surface area contributed by atoms with E-state index in [4.69, 9.17) is 10.5 Å². The van der Waals surface area contributed by atoms with Gasteiger partial charge >= 0.3 is 0 Å². The van der Waals surface area contributed by atoms with Crippen LogP contribution in [0.15, 0.2) is 28.7 Å². The van der Waals surface area contributed by atoms with Crippen molar-refractivity contribution in [2.75, 3.05) is 0 Å². The van der Waals surface area contributed by atoms with Gasteiger partial charge in [0.05, 0.1) is 12.2 Å². The number of halogens is 1. The third kappa shape index (κ3) is 4.09. The highest BCUT2D eigenvalue weighted by Crippen LogP contribution is 2.23. The summed E-state index contributed by atoms with van der Waals surface area (Å²) in [6.45, 7) is 2.14. The van der Waals surface area contributed by atoms with Gasteiger partial charge in [0, 0.05) is 10.5 Å². The predicted molar refractivity (Wildman–Crippen MR) is 74.0 cm³/mol. The molecule has 0 radical (unpaired) electrons. The molecule has 3 heteroatoms. The van der Waals surface area contributed by atoms with Gasteiger partial charge in [-0.05, 0) is 50.3 Å². The molecule has 3 unspecified atom stereocenters. The average Bonchev–Trinajstić information content (AvgIpc) is 2.63. The maximum atomic E-state index is 6.19. The first-order chi connectivity index (χ1) is 8.13. The van der Waals surface area contributed by atoms with Crippen LogP contribution in [0.2, 0.25) is 0 Å². The fraction of sp³-hybridized carbons (Fsp3) is 0.571. The number of ether oxygens (including phenoxy) is 1. The maximum absolute atomic E-state index is 6.19. The van der Waals surface area contributed by atoms with E-state index in [-0.39, 0.29) is 6.04 Å². The minimum absolute atomic E-state index is 0.194. The Hall–Kier alpha value is -0.380. The summed E-state index contributed by atoms with van der Waals surface area (Å²) in [6.07, 6.45) is 5.01. The summed E-state index contributed by atoms with van der Waals surface area (Å²) in [6, 6.07) is 8.55. The van der Waals surface area contributed by atoms with E-state index in [1.54, 1.807) is 0 Å². The van der Waals surface area contributed by atoms with Gasteiger partial charge in [0.15, 0.2) is 0 Å². The number of hydrogen-bond donors (Lipinski definition) is 1. The van der Waals surface area contributed by atoms with E-state index in [1.165, 1.54) is 12.0 Å². The lowest BCUT2D eigenvalue weighted by Crippen LogP contribution is -2.28. The van der Waals surface area contributed by atoms with Gasteiger partial charge < -0.3 is 10.5 Å². The molecule has 0 aliphatic carbocycles. The predicted octanol–water partition coefficient (Wildman–Crippen LogP) is 3.28. The first kappa shape index (κ1) is 13.1. The number of rotatable bonds is 4. The molecule has 2 N–H and O–H groups in total. The zero-order valence-electron chi connectivity index (χ0n) is 10.2. The Labute approximate surface area is 112 Å². The van der Waals surface area contributed by atoms with Gasteiger partial charge in [-0.15, -0.1) is 0 Å². The van der Waals surface area contributed by atoms with Crippen molar-refractivity contribution in [2.45, 2.75) is 50.9 Å². The van der Waals surface area contributed by atoms with Gasteiger partial charge in [-0.3, -0.25) is 0 Å². The van der Waals surface area contributed by atoms with Gasteiger partial charge in [-0.25, -0.2) is 0 Å². The van der Waals surface area contributed by atoms with E-state index in [1.807, 2.05) is 6.07 Å². The van der Waals surface area contributed by atoms with Crippen molar-refractivity contribution in [3.05, 3.63) is 34.3 Å². The summed E-state index contributed by atoms with van der Waals surface area (Å²) in [7, 11) is 0. The Morgan fingerprint density at radius 1 is 1.47 bits per heavy atom. The molecule has 1 aromatic carbocycles. The molecule has 0 bridgehead atoms. The van der Waals surface area contributed by atoms with Gasteiger partial charge in [0.1, 0.15) is 0 Å². The fourth-order valence-corrected chi connectivity index (χ4v) is 2.89. The minimum Gasteiger partial charge on any atom is -0.375 e. The van der Waals surface area contributed by atoms with Crippen molar-refractivity contribution in [3.8, 4) is 0 Å². The molecule has 0 spiro atoms. The van der Waals surface area contributed by atoms with Crippen LogP contribution in [0, 0.1) is 0 Å². The molecule has 1 heterocycles. The molecule has 2 rings (SSSR count). The second-order valence-corrected chi connectivity index (χ2v) is 5.89. The van der Waals surface area contributed by atoms with Crippen LogP contribution in [0.4, 0.5) is 0 Å². The quantitative estimate of drug-likeness (QED) is 0.926. The van der Waals surface area contributed by atoms with E-state index in [0.29, 0.717) is 12.2 Å². The Morgan fingerprint density at radius 2 is 2.29 bits per heavy atom. The maximum Gasteiger partial charge on any atom is 0.0594 e. The zero-order chi connectivity index (χ0) is 12.3. The van der Waals surface area contributed by atoms with Crippen LogP contribution < -0.4 is 5.73 Å². The molecule has 3 atom stereocenters. The molecule has 2 nitrogen and oxygen atoms in total. The van der Waals surface area contributed by atoms with Crippen molar-refractivity contribution < 1.29 is 4.74 Å². The summed E-state index contributed by atoms with van der Waals surface area (Å²) < 4.78 is 6.92. The van der Waals surface area contributed by atoms with Gasteiger partial charge in [-0.2, -0.15) is 0 Å². The van der Waals surface area contributed by atoms with Crippen molar-refractivity contribution in [1.29, 1.82) is 0 Å². The molecule has 1 aliphatic heterocycles. The fourth-order valence-electron chi connectivity index (χ4n) is 2.45. The lowest BCUT2D eigenvalue weighted by Gasteiger charge is -2.17. The van der Waals surface area contributed by atoms with E-state index in [2.05, 4.69) is 41.1 Å². The van der Waals surface area contributed by atoms with Crippen LogP contribution in [0.5, 0.6) is 0 Å². The minimum atomic E-state index is 0.194. The van der Waals surface area contributed by atoms with Crippen LogP contribution in [0.1, 0.15) is 31.7 Å². The van der Waals surface area contributed by atoms with Gasteiger partial charge in [-0.1, -0.05) is 28.1 Å². The van der Waals surface area contributed by atoms with E-state index >= 15 is 0 Å². The summed E-state index contributed by atoms with van der Waals surface area (Å²) in [5, 5.41) is 0. The van der Waals surface area contributed by atoms with Crippen molar-refractivity contribution in [2.24, 2.45) is 5.73 Å². The van der Waals surface area contributed by atoms with Crippen LogP contribution in [-0.4, -0.2) is 18.2 Å². The van der Waals surface area contributed by atoms with E-state index < -0.39 is 0 Å². The lowest BCUT2D eigenvalue weighted by molar-refractivity contribution is 0.0471. The number of nitrogens with two attached hydrogens (primary N) is 1. The van der Waals surface area contributed by atoms with Crippen LogP contribution in [0.3, 0.4) is 0 Å². The zero-order valence-corrected chi connectivity index (χ0v) is 11.8. The van der Waals surface area contributed by atoms with Crippen LogP contribution in [0.25, 0.3) is 0 Å². The van der Waals surface area contributed by atoms with E-state index in [9.17, 15) is 0 Å². The SMILES string of the molecule is CC1CCC(CC(N)Cc2cccc(Br)c2)O1. The molecule has 1 aliphatic rings. The van der Waals surface area contributed by atoms with Crippen LogP contribution in [-0.2, 0) is 11.2 Å². The monoisotopic (exact) mass is 297 g/mol. The third-order valence-corrected chi connectivity index (χ3v) is 3.77. The number of hydrogen-bond acceptors (Lipinski definition) is 2. The third-order valence-electron chi connectivity index (χ3n) is 3.27. The smallest absolute Gasteiger partial charge is 0.0594 e. The molecule has 1 fully saturated rings. The first-order valence-corrected chi connectivity index (χ1v) is 7.08. The largest absolute Gasteiger partial charge is 0.375 e. The Balaban J connectivity index is 1.83. The van der Waals surface area contributed by atoms with Crippen LogP contribution >= 0.6 is 15.9 Å². The van der Waals surface area contributed by atoms with Crippen molar-refractivity contribution >= 4 is 15.9 Å². The topological polar surface area (TPSA) is 35.2 Å². The Bertz CT molecular complexity index is 369. The Morgan fingerprint density at radius 3 is 2.94 bits per heavy atom. The van der Waals surface area contributed by atoms with Crippen molar-refractivity contribution in [1.82, 2.24) is 0 Å². The molecule has 94 valence electrons. The summed E-state index contributed by atoms with van der Waals surface area (Å²) in [4.78, 5) is 0. The molecular formula is C14H20BrNO. The number of benzene rings is 1. The summed E-state index contributed by atoms with van der Waals surface area (Å²) >= 11 is 3.48. The van der Waals surface area contributed by atoms with Gasteiger partial charge in [0.25, 0.3) is 0 Å². The molecule has 0 aromatic heterocycles. The molecule has 17 heavy (non-hydrogen) atoms. The highest BCUT2D eigenvalue weighted by atomic mass is 79.9. The molecule has 0 amide bonds. The molecule has 1 aromatic rings. The molecule has 1 saturated heterocycles. The lowest BCUT2D eigenvalue weighted by atomic mass is 10.0. The second kappa shape index (κ2) is 5.98. The molecule has 0 saturated carbocycles. The normalized spacial score (nSPS) is 26.1. The van der Waals surface area contributed by atoms with Gasteiger partial charge in [0.2, 0.25) is 0 Å². The van der Waals surface area contributed by atoms with Crippen molar-refractivity contribution in [3.63, 3.8) is 0 Å². The standard InChI is InChI=1S/C14H20BrNO/c1-10-5-6-14(17-10)9-13(16)8-11-3-2-4-12(15)7-11/h2-4,7,10,13-14H,5-6,8-9,16H2,1H3. The molecular weight excluding hydrogens is 278 g/mol. The highest BCUT2D eigenvalue weighted by molar-refractivity contribution is 9.10. The summed E-state index contributed by atoms with van der Waals surface area (Å²) in [5.74, 6) is 0. The van der Waals surface area contributed by atoms with E-state index in [0.717, 1.165) is 23.7 Å². The second-order valence-electron chi connectivity index (χ2n) is 4.98.